The fraction of sp³-hybridized carbons (Fsp3) is 0.438. The largest absolute Gasteiger partial charge is 0.355 e. The third kappa shape index (κ3) is 3.61. The van der Waals surface area contributed by atoms with Crippen molar-refractivity contribution < 1.29 is 4.79 Å². The van der Waals surface area contributed by atoms with E-state index in [-0.39, 0.29) is 5.91 Å². The first-order valence-corrected chi connectivity index (χ1v) is 7.18. The molecule has 0 saturated carbocycles. The Labute approximate surface area is 120 Å². The molecule has 1 amide bonds. The number of carbonyl (C=O) groups is 1. The van der Waals surface area contributed by atoms with E-state index in [0.717, 1.165) is 12.1 Å². The molecule has 0 aliphatic heterocycles. The Morgan fingerprint density at radius 3 is 2.80 bits per heavy atom. The van der Waals surface area contributed by atoms with Gasteiger partial charge in [-0.25, -0.2) is 0 Å². The lowest BCUT2D eigenvalue weighted by Crippen LogP contribution is -2.26. The summed E-state index contributed by atoms with van der Waals surface area (Å²) in [7, 11) is 0. The molecule has 0 spiro atoms. The minimum absolute atomic E-state index is 0.0516. The van der Waals surface area contributed by atoms with Crippen LogP contribution in [0.5, 0.6) is 0 Å². The molecule has 1 aromatic heterocycles. The lowest BCUT2D eigenvalue weighted by molar-refractivity contribution is -0.121. The minimum Gasteiger partial charge on any atom is -0.355 e. The molecule has 0 bridgehead atoms. The predicted molar refractivity (Wildman–Crippen MR) is 82.6 cm³/mol. The summed E-state index contributed by atoms with van der Waals surface area (Å²) in [4.78, 5) is 11.7. The van der Waals surface area contributed by atoms with Gasteiger partial charge in [-0.2, -0.15) is 0 Å². The van der Waals surface area contributed by atoms with Crippen molar-refractivity contribution in [2.45, 2.75) is 39.9 Å². The first kappa shape index (κ1) is 14.6. The van der Waals surface area contributed by atoms with E-state index < -0.39 is 0 Å². The number of rotatable bonds is 6. The molecule has 0 radical (unpaired) electrons. The van der Waals surface area contributed by atoms with E-state index in [0.29, 0.717) is 19.1 Å². The third-order valence-corrected chi connectivity index (χ3v) is 3.24. The molecule has 0 unspecified atom stereocenters. The Morgan fingerprint density at radius 1 is 1.30 bits per heavy atom. The number of aromatic nitrogens is 1. The van der Waals surface area contributed by atoms with E-state index in [9.17, 15) is 4.79 Å². The van der Waals surface area contributed by atoms with Gasteiger partial charge in [0, 0.05) is 30.8 Å². The van der Waals surface area contributed by atoms with Gasteiger partial charge < -0.3 is 15.2 Å². The maximum absolute atomic E-state index is 11.7. The second-order valence-corrected chi connectivity index (χ2v) is 5.33. The van der Waals surface area contributed by atoms with Gasteiger partial charge in [-0.1, -0.05) is 26.0 Å². The number of amides is 1. The average Bonchev–Trinajstić information content (AvgIpc) is 2.79. The molecule has 20 heavy (non-hydrogen) atoms. The van der Waals surface area contributed by atoms with Crippen LogP contribution in [0.2, 0.25) is 0 Å². The highest BCUT2D eigenvalue weighted by molar-refractivity contribution is 5.83. The first-order chi connectivity index (χ1) is 9.60. The van der Waals surface area contributed by atoms with Gasteiger partial charge in [0.05, 0.1) is 0 Å². The molecule has 1 heterocycles. The molecule has 108 valence electrons. The molecule has 0 aliphatic carbocycles. The van der Waals surface area contributed by atoms with Gasteiger partial charge >= 0.3 is 0 Å². The third-order valence-electron chi connectivity index (χ3n) is 3.24. The Bertz CT molecular complexity index is 586. The molecule has 4 nitrogen and oxygen atoms in total. The summed E-state index contributed by atoms with van der Waals surface area (Å²) in [5.74, 6) is 0.0516. The normalized spacial score (nSPS) is 11.2. The van der Waals surface area contributed by atoms with Crippen molar-refractivity contribution in [1.82, 2.24) is 15.2 Å². The zero-order valence-corrected chi connectivity index (χ0v) is 12.4. The topological polar surface area (TPSA) is 46.1 Å². The number of benzene rings is 1. The van der Waals surface area contributed by atoms with Crippen molar-refractivity contribution >= 4 is 16.8 Å². The van der Waals surface area contributed by atoms with E-state index >= 15 is 0 Å². The Hall–Kier alpha value is -1.81. The Kier molecular flexibility index (Phi) is 4.79. The highest BCUT2D eigenvalue weighted by Gasteiger charge is 2.06. The van der Waals surface area contributed by atoms with Crippen LogP contribution >= 0.6 is 0 Å². The van der Waals surface area contributed by atoms with Crippen LogP contribution < -0.4 is 10.6 Å². The number of hydrogen-bond acceptors (Lipinski definition) is 2. The van der Waals surface area contributed by atoms with Crippen LogP contribution in [0.4, 0.5) is 0 Å². The summed E-state index contributed by atoms with van der Waals surface area (Å²) in [6.07, 6.45) is 1.97. The number of likely N-dealkylation sites (N-methyl/N-ethyl adjacent to an activating group) is 1. The number of carbonyl (C=O) groups excluding carboxylic acids is 1. The van der Waals surface area contributed by atoms with Gasteiger partial charge in [0.1, 0.15) is 6.54 Å². The first-order valence-electron chi connectivity index (χ1n) is 7.18. The van der Waals surface area contributed by atoms with Crippen LogP contribution in [0.3, 0.4) is 0 Å². The maximum atomic E-state index is 11.7. The monoisotopic (exact) mass is 273 g/mol. The van der Waals surface area contributed by atoms with Gasteiger partial charge in [0.25, 0.3) is 0 Å². The number of hydrogen-bond donors (Lipinski definition) is 2. The Morgan fingerprint density at radius 2 is 2.10 bits per heavy atom. The van der Waals surface area contributed by atoms with Gasteiger partial charge in [-0.3, -0.25) is 4.79 Å². The van der Waals surface area contributed by atoms with Gasteiger partial charge in [-0.05, 0) is 30.0 Å². The van der Waals surface area contributed by atoms with Crippen molar-refractivity contribution in [3.63, 3.8) is 0 Å². The van der Waals surface area contributed by atoms with Crippen LogP contribution in [0.1, 0.15) is 26.3 Å². The highest BCUT2D eigenvalue weighted by atomic mass is 16.1. The van der Waals surface area contributed by atoms with Crippen molar-refractivity contribution in [3.8, 4) is 0 Å². The Balaban J connectivity index is 2.19. The van der Waals surface area contributed by atoms with Crippen LogP contribution in [0.15, 0.2) is 30.5 Å². The van der Waals surface area contributed by atoms with Crippen molar-refractivity contribution in [3.05, 3.63) is 36.0 Å². The molecular weight excluding hydrogens is 250 g/mol. The van der Waals surface area contributed by atoms with Crippen molar-refractivity contribution in [2.75, 3.05) is 6.54 Å². The maximum Gasteiger partial charge on any atom is 0.239 e. The summed E-state index contributed by atoms with van der Waals surface area (Å²) in [6.45, 7) is 8.09. The van der Waals surface area contributed by atoms with E-state index in [1.54, 1.807) is 0 Å². The number of nitrogens with zero attached hydrogens (tertiary/aromatic N) is 1. The van der Waals surface area contributed by atoms with Crippen molar-refractivity contribution in [2.24, 2.45) is 0 Å². The standard InChI is InChI=1S/C16H23N3O/c1-4-17-16(20)11-19-8-7-14-6-5-13(9-15(14)19)10-18-12(2)3/h5-9,12,18H,4,10-11H2,1-3H3,(H,17,20). The molecule has 2 rings (SSSR count). The lowest BCUT2D eigenvalue weighted by Gasteiger charge is -2.10. The molecule has 0 aliphatic rings. The zero-order chi connectivity index (χ0) is 14.5. The summed E-state index contributed by atoms with van der Waals surface area (Å²) >= 11 is 0. The molecular formula is C16H23N3O. The van der Waals surface area contributed by atoms with Crippen LogP contribution in [0, 0.1) is 0 Å². The minimum atomic E-state index is 0.0516. The summed E-state index contributed by atoms with van der Waals surface area (Å²) < 4.78 is 2.00. The van der Waals surface area contributed by atoms with Gasteiger partial charge in [0.15, 0.2) is 0 Å². The van der Waals surface area contributed by atoms with Gasteiger partial charge in [0.2, 0.25) is 5.91 Å². The van der Waals surface area contributed by atoms with E-state index in [1.807, 2.05) is 23.8 Å². The van der Waals surface area contributed by atoms with E-state index in [2.05, 4.69) is 42.7 Å². The quantitative estimate of drug-likeness (QED) is 0.848. The van der Waals surface area contributed by atoms with Crippen LogP contribution in [-0.4, -0.2) is 23.1 Å². The van der Waals surface area contributed by atoms with Crippen LogP contribution in [0.25, 0.3) is 10.9 Å². The predicted octanol–water partition coefficient (Wildman–Crippen LogP) is 2.28. The highest BCUT2D eigenvalue weighted by Crippen LogP contribution is 2.17. The molecule has 0 fully saturated rings. The van der Waals surface area contributed by atoms with Gasteiger partial charge in [-0.15, -0.1) is 0 Å². The van der Waals surface area contributed by atoms with E-state index in [4.69, 9.17) is 0 Å². The lowest BCUT2D eigenvalue weighted by atomic mass is 10.1. The fourth-order valence-electron chi connectivity index (χ4n) is 2.21. The SMILES string of the molecule is CCNC(=O)Cn1ccc2ccc(CNC(C)C)cc21. The second kappa shape index (κ2) is 6.57. The smallest absolute Gasteiger partial charge is 0.239 e. The molecule has 2 aromatic rings. The molecule has 1 aromatic carbocycles. The second-order valence-electron chi connectivity index (χ2n) is 5.33. The number of nitrogens with one attached hydrogen (secondary N) is 2. The summed E-state index contributed by atoms with van der Waals surface area (Å²) in [5, 5.41) is 7.41. The number of fused-ring (bicyclic) bond motifs is 1. The molecule has 4 heteroatoms. The van der Waals surface area contributed by atoms with Crippen LogP contribution in [-0.2, 0) is 17.9 Å². The van der Waals surface area contributed by atoms with E-state index in [1.165, 1.54) is 10.9 Å². The fourth-order valence-corrected chi connectivity index (χ4v) is 2.21. The summed E-state index contributed by atoms with van der Waals surface area (Å²) in [5.41, 5.74) is 2.35. The van der Waals surface area contributed by atoms with Crippen molar-refractivity contribution in [1.29, 1.82) is 0 Å². The molecule has 2 N–H and O–H groups in total. The zero-order valence-electron chi connectivity index (χ0n) is 12.4. The average molecular weight is 273 g/mol. The molecule has 0 saturated heterocycles. The molecule has 0 atom stereocenters. The summed E-state index contributed by atoms with van der Waals surface area (Å²) in [6, 6.07) is 8.92.